The fourth-order valence-electron chi connectivity index (χ4n) is 4.31. The molecule has 132 valence electrons. The zero-order valence-electron chi connectivity index (χ0n) is 14.8. The number of urea groups is 1. The second kappa shape index (κ2) is 5.88. The molecule has 2 N–H and O–H groups in total. The number of amides is 2. The van der Waals surface area contributed by atoms with Gasteiger partial charge in [0.25, 0.3) is 0 Å². The summed E-state index contributed by atoms with van der Waals surface area (Å²) in [4.78, 5) is 16.8. The Morgan fingerprint density at radius 1 is 1.40 bits per heavy atom. The highest BCUT2D eigenvalue weighted by Gasteiger charge is 2.59. The van der Waals surface area contributed by atoms with E-state index in [4.69, 9.17) is 4.74 Å². The van der Waals surface area contributed by atoms with Crippen LogP contribution in [0.25, 0.3) is 11.4 Å². The van der Waals surface area contributed by atoms with Crippen LogP contribution in [0, 0.1) is 11.3 Å². The molecule has 6 nitrogen and oxygen atoms in total. The number of nitrogens with one attached hydrogen (secondary N) is 2. The van der Waals surface area contributed by atoms with E-state index >= 15 is 0 Å². The Kier molecular flexibility index (Phi) is 3.80. The van der Waals surface area contributed by atoms with E-state index in [-0.39, 0.29) is 23.6 Å². The first-order valence-electron chi connectivity index (χ1n) is 8.73. The summed E-state index contributed by atoms with van der Waals surface area (Å²) in [5.74, 6) is 1.30. The monoisotopic (exact) mass is 340 g/mol. The topological polar surface area (TPSA) is 68.2 Å². The highest BCUT2D eigenvalue weighted by Crippen LogP contribution is 2.52. The van der Waals surface area contributed by atoms with Crippen molar-refractivity contribution < 1.29 is 9.53 Å². The zero-order valence-corrected chi connectivity index (χ0v) is 14.8. The third-order valence-corrected chi connectivity index (χ3v) is 5.59. The number of ether oxygens (including phenoxy) is 1. The average molecular weight is 340 g/mol. The minimum atomic E-state index is -0.166. The number of carbonyl (C=O) groups is 1. The average Bonchev–Trinajstić information content (AvgIpc) is 3.20. The molecule has 6 heteroatoms. The van der Waals surface area contributed by atoms with Gasteiger partial charge in [-0.15, -0.1) is 0 Å². The molecule has 2 aliphatic rings. The van der Waals surface area contributed by atoms with Crippen LogP contribution in [0.3, 0.4) is 0 Å². The lowest BCUT2D eigenvalue weighted by Gasteiger charge is -2.54. The molecule has 3 atom stereocenters. The van der Waals surface area contributed by atoms with Gasteiger partial charge < -0.3 is 19.9 Å². The van der Waals surface area contributed by atoms with E-state index in [0.29, 0.717) is 5.92 Å². The standard InChI is InChI=1S/C19H24N4O2/c1-19(2)15(14-7-10-25-16(14)19)22-18(24)21-13-6-4-5-12(11-13)17-20-8-9-23(17)3/h4-6,8-9,11,14-16H,7,10H2,1-3H3,(H2,21,22,24)/t14-,15+,16-/m0/s1. The minimum absolute atomic E-state index is 0.0205. The maximum atomic E-state index is 12.5. The van der Waals surface area contributed by atoms with E-state index in [0.717, 1.165) is 30.1 Å². The number of rotatable bonds is 3. The van der Waals surface area contributed by atoms with Gasteiger partial charge in [-0.25, -0.2) is 9.78 Å². The Hall–Kier alpha value is -2.34. The van der Waals surface area contributed by atoms with Crippen LogP contribution in [0.4, 0.5) is 10.5 Å². The number of hydrogen-bond acceptors (Lipinski definition) is 3. The normalized spacial score (nSPS) is 26.6. The fourth-order valence-corrected chi connectivity index (χ4v) is 4.31. The van der Waals surface area contributed by atoms with Crippen LogP contribution >= 0.6 is 0 Å². The predicted molar refractivity (Wildman–Crippen MR) is 96.2 cm³/mol. The molecule has 0 spiro atoms. The molecule has 25 heavy (non-hydrogen) atoms. The summed E-state index contributed by atoms with van der Waals surface area (Å²) in [6.07, 6.45) is 4.96. The van der Waals surface area contributed by atoms with Gasteiger partial charge in [-0.3, -0.25) is 0 Å². The fraction of sp³-hybridized carbons (Fsp3) is 0.474. The van der Waals surface area contributed by atoms with Gasteiger partial charge in [-0.1, -0.05) is 26.0 Å². The van der Waals surface area contributed by atoms with E-state index in [2.05, 4.69) is 29.5 Å². The van der Waals surface area contributed by atoms with E-state index < -0.39 is 0 Å². The van der Waals surface area contributed by atoms with Crippen LogP contribution in [-0.4, -0.2) is 34.3 Å². The number of imidazole rings is 1. The third-order valence-electron chi connectivity index (χ3n) is 5.59. The molecule has 2 heterocycles. The van der Waals surface area contributed by atoms with Crippen molar-refractivity contribution >= 4 is 11.7 Å². The van der Waals surface area contributed by atoms with Crippen molar-refractivity contribution in [1.29, 1.82) is 0 Å². The number of aromatic nitrogens is 2. The quantitative estimate of drug-likeness (QED) is 0.902. The molecule has 1 saturated carbocycles. The van der Waals surface area contributed by atoms with Gasteiger partial charge >= 0.3 is 6.03 Å². The predicted octanol–water partition coefficient (Wildman–Crippen LogP) is 3.02. The lowest BCUT2D eigenvalue weighted by Crippen LogP contribution is -2.67. The van der Waals surface area contributed by atoms with Crippen molar-refractivity contribution in [3.63, 3.8) is 0 Å². The lowest BCUT2D eigenvalue weighted by molar-refractivity contribution is -0.107. The molecule has 0 unspecified atom stereocenters. The van der Waals surface area contributed by atoms with Crippen molar-refractivity contribution in [3.8, 4) is 11.4 Å². The first-order valence-corrected chi connectivity index (χ1v) is 8.73. The molecule has 0 bridgehead atoms. The maximum Gasteiger partial charge on any atom is 0.319 e. The summed E-state index contributed by atoms with van der Waals surface area (Å²) in [6.45, 7) is 5.11. The summed E-state index contributed by atoms with van der Waals surface area (Å²) >= 11 is 0. The van der Waals surface area contributed by atoms with Gasteiger partial charge in [-0.2, -0.15) is 0 Å². The van der Waals surface area contributed by atoms with Crippen LogP contribution in [0.5, 0.6) is 0 Å². The number of anilines is 1. The Balaban J connectivity index is 1.44. The number of carbonyl (C=O) groups excluding carboxylic acids is 1. The van der Waals surface area contributed by atoms with Gasteiger partial charge in [0.15, 0.2) is 0 Å². The van der Waals surface area contributed by atoms with Crippen molar-refractivity contribution in [1.82, 2.24) is 14.9 Å². The SMILES string of the molecule is Cn1ccnc1-c1cccc(NC(=O)N[C@@H]2[C@@H]3CCO[C@@H]3C2(C)C)c1. The second-order valence-corrected chi connectivity index (χ2v) is 7.58. The van der Waals surface area contributed by atoms with Gasteiger partial charge in [-0.05, 0) is 18.6 Å². The van der Waals surface area contributed by atoms with Crippen molar-refractivity contribution in [3.05, 3.63) is 36.7 Å². The Morgan fingerprint density at radius 2 is 2.24 bits per heavy atom. The summed E-state index contributed by atoms with van der Waals surface area (Å²) in [7, 11) is 1.95. The zero-order chi connectivity index (χ0) is 17.6. The molecule has 2 aromatic rings. The summed E-state index contributed by atoms with van der Waals surface area (Å²) in [5.41, 5.74) is 1.71. The number of benzene rings is 1. The summed E-state index contributed by atoms with van der Waals surface area (Å²) < 4.78 is 7.74. The molecule has 1 aliphatic heterocycles. The third kappa shape index (κ3) is 2.70. The van der Waals surface area contributed by atoms with Crippen molar-refractivity contribution in [2.24, 2.45) is 18.4 Å². The van der Waals surface area contributed by atoms with Crippen LogP contribution in [0.1, 0.15) is 20.3 Å². The van der Waals surface area contributed by atoms with Crippen LogP contribution < -0.4 is 10.6 Å². The lowest BCUT2D eigenvalue weighted by atomic mass is 9.57. The van der Waals surface area contributed by atoms with Crippen LogP contribution in [0.2, 0.25) is 0 Å². The molecule has 0 radical (unpaired) electrons. The molecule has 2 fully saturated rings. The number of fused-ring (bicyclic) bond motifs is 1. The van der Waals surface area contributed by atoms with E-state index in [1.54, 1.807) is 6.20 Å². The van der Waals surface area contributed by atoms with Crippen molar-refractivity contribution in [2.75, 3.05) is 11.9 Å². The first-order chi connectivity index (χ1) is 12.0. The summed E-state index contributed by atoms with van der Waals surface area (Å²) in [6, 6.07) is 7.72. The molecule has 4 rings (SSSR count). The minimum Gasteiger partial charge on any atom is -0.377 e. The van der Waals surface area contributed by atoms with Gasteiger partial charge in [0.1, 0.15) is 5.82 Å². The molecule has 1 saturated heterocycles. The molecule has 2 amide bonds. The van der Waals surface area contributed by atoms with E-state index in [1.807, 2.05) is 42.1 Å². The van der Waals surface area contributed by atoms with Crippen LogP contribution in [0.15, 0.2) is 36.7 Å². The molecule has 1 aliphatic carbocycles. The number of nitrogens with zero attached hydrogens (tertiary/aromatic N) is 2. The van der Waals surface area contributed by atoms with Crippen LogP contribution in [-0.2, 0) is 11.8 Å². The molecular weight excluding hydrogens is 316 g/mol. The number of aryl methyl sites for hydroxylation is 1. The first kappa shape index (κ1) is 16.1. The second-order valence-electron chi connectivity index (χ2n) is 7.58. The van der Waals surface area contributed by atoms with Crippen molar-refractivity contribution in [2.45, 2.75) is 32.4 Å². The molecule has 1 aromatic heterocycles. The smallest absolute Gasteiger partial charge is 0.319 e. The number of hydrogen-bond donors (Lipinski definition) is 2. The Labute approximate surface area is 147 Å². The Bertz CT molecular complexity index is 798. The van der Waals surface area contributed by atoms with Gasteiger partial charge in [0, 0.05) is 54.7 Å². The van der Waals surface area contributed by atoms with E-state index in [1.165, 1.54) is 0 Å². The largest absolute Gasteiger partial charge is 0.377 e. The molecule has 1 aromatic carbocycles. The highest BCUT2D eigenvalue weighted by atomic mass is 16.5. The van der Waals surface area contributed by atoms with E-state index in [9.17, 15) is 4.79 Å². The molecular formula is C19H24N4O2. The van der Waals surface area contributed by atoms with Gasteiger partial charge in [0.2, 0.25) is 0 Å². The Morgan fingerprint density at radius 3 is 3.00 bits per heavy atom. The summed E-state index contributed by atoms with van der Waals surface area (Å²) in [5, 5.41) is 6.09. The highest BCUT2D eigenvalue weighted by molar-refractivity contribution is 5.90. The maximum absolute atomic E-state index is 12.5. The van der Waals surface area contributed by atoms with Gasteiger partial charge in [0.05, 0.1) is 6.10 Å².